The van der Waals surface area contributed by atoms with Gasteiger partial charge in [0.05, 0.1) is 28.2 Å². The van der Waals surface area contributed by atoms with E-state index in [4.69, 9.17) is 4.74 Å². The fourth-order valence-electron chi connectivity index (χ4n) is 2.95. The number of rotatable bonds is 5. The molecule has 2 aromatic heterocycles. The monoisotopic (exact) mass is 456 g/mol. The molecule has 6 nitrogen and oxygen atoms in total. The topological polar surface area (TPSA) is 80.2 Å². The van der Waals surface area contributed by atoms with Crippen LogP contribution in [-0.2, 0) is 0 Å². The van der Waals surface area contributed by atoms with Crippen LogP contribution in [0.4, 0.5) is 15.9 Å². The van der Waals surface area contributed by atoms with Crippen molar-refractivity contribution in [2.75, 3.05) is 5.32 Å². The van der Waals surface area contributed by atoms with E-state index in [2.05, 4.69) is 36.2 Å². The molecular formula is C21H18BrFN4O2. The zero-order valence-corrected chi connectivity index (χ0v) is 17.3. The third kappa shape index (κ3) is 3.86. The molecule has 0 fully saturated rings. The summed E-state index contributed by atoms with van der Waals surface area (Å²) in [6, 6.07) is 10.3. The van der Waals surface area contributed by atoms with E-state index in [0.29, 0.717) is 33.4 Å². The van der Waals surface area contributed by atoms with Gasteiger partial charge in [0, 0.05) is 16.1 Å². The summed E-state index contributed by atoms with van der Waals surface area (Å²) in [5, 5.41) is 13.9. The summed E-state index contributed by atoms with van der Waals surface area (Å²) in [5.74, 6) is 0.463. The predicted octanol–water partition coefficient (Wildman–Crippen LogP) is 4.97. The van der Waals surface area contributed by atoms with Crippen LogP contribution in [0, 0.1) is 5.82 Å². The van der Waals surface area contributed by atoms with E-state index in [1.165, 1.54) is 6.33 Å². The van der Waals surface area contributed by atoms with Crippen molar-refractivity contribution in [2.45, 2.75) is 26.1 Å². The molecule has 148 valence electrons. The van der Waals surface area contributed by atoms with Gasteiger partial charge in [0.2, 0.25) is 0 Å². The van der Waals surface area contributed by atoms with Crippen molar-refractivity contribution in [3.05, 3.63) is 59.2 Å². The molecule has 0 saturated carbocycles. The lowest BCUT2D eigenvalue weighted by Crippen LogP contribution is -2.25. The second kappa shape index (κ2) is 7.88. The van der Waals surface area contributed by atoms with Crippen molar-refractivity contribution in [1.82, 2.24) is 15.0 Å². The Kier molecular flexibility index (Phi) is 5.29. The van der Waals surface area contributed by atoms with Gasteiger partial charge in [0.15, 0.2) is 5.82 Å². The van der Waals surface area contributed by atoms with E-state index in [1.807, 2.05) is 6.07 Å². The van der Waals surface area contributed by atoms with Gasteiger partial charge in [-0.1, -0.05) is 15.9 Å². The van der Waals surface area contributed by atoms with Gasteiger partial charge < -0.3 is 15.2 Å². The number of hydrogen-bond donors (Lipinski definition) is 2. The van der Waals surface area contributed by atoms with Crippen molar-refractivity contribution in [1.29, 1.82) is 0 Å². The van der Waals surface area contributed by atoms with Crippen LogP contribution in [0.3, 0.4) is 0 Å². The largest absolute Gasteiger partial charge is 0.487 e. The number of pyridine rings is 1. The van der Waals surface area contributed by atoms with E-state index < -0.39 is 18.0 Å². The summed E-state index contributed by atoms with van der Waals surface area (Å²) in [5.41, 5.74) is 1.46. The zero-order valence-electron chi connectivity index (χ0n) is 15.7. The Morgan fingerprint density at radius 1 is 1.10 bits per heavy atom. The summed E-state index contributed by atoms with van der Waals surface area (Å²) in [4.78, 5) is 12.8. The van der Waals surface area contributed by atoms with Crippen LogP contribution in [0.1, 0.15) is 13.8 Å². The second-order valence-corrected chi connectivity index (χ2v) is 7.62. The molecule has 29 heavy (non-hydrogen) atoms. The molecule has 2 N–H and O–H groups in total. The molecule has 4 aromatic rings. The summed E-state index contributed by atoms with van der Waals surface area (Å²) in [7, 11) is 0. The smallest absolute Gasteiger partial charge is 0.156 e. The molecule has 0 aliphatic heterocycles. The first-order valence-corrected chi connectivity index (χ1v) is 9.82. The number of halogens is 2. The zero-order chi connectivity index (χ0) is 20.5. The second-order valence-electron chi connectivity index (χ2n) is 6.71. The van der Waals surface area contributed by atoms with Gasteiger partial charge in [-0.25, -0.2) is 14.4 Å². The number of aliphatic hydroxyl groups excluding tert-OH is 1. The molecule has 2 aromatic carbocycles. The molecule has 0 saturated heterocycles. The molecule has 0 aliphatic rings. The third-order valence-corrected chi connectivity index (χ3v) is 5.09. The first-order valence-electron chi connectivity index (χ1n) is 9.03. The molecular weight excluding hydrogens is 439 g/mol. The minimum Gasteiger partial charge on any atom is -0.487 e. The van der Waals surface area contributed by atoms with Gasteiger partial charge in [0.1, 0.15) is 24.0 Å². The van der Waals surface area contributed by atoms with E-state index in [-0.39, 0.29) is 5.69 Å². The van der Waals surface area contributed by atoms with E-state index in [1.54, 1.807) is 50.4 Å². The van der Waals surface area contributed by atoms with E-state index >= 15 is 4.39 Å². The van der Waals surface area contributed by atoms with Crippen LogP contribution in [0.25, 0.3) is 21.8 Å². The minimum atomic E-state index is -0.671. The Morgan fingerprint density at radius 2 is 1.93 bits per heavy atom. The van der Waals surface area contributed by atoms with Crippen LogP contribution in [0.5, 0.6) is 5.75 Å². The molecule has 0 spiro atoms. The molecule has 8 heteroatoms. The highest BCUT2D eigenvalue weighted by molar-refractivity contribution is 9.10. The van der Waals surface area contributed by atoms with Gasteiger partial charge >= 0.3 is 0 Å². The van der Waals surface area contributed by atoms with Crippen molar-refractivity contribution in [3.63, 3.8) is 0 Å². The maximum absolute atomic E-state index is 15.0. The minimum absolute atomic E-state index is 0.267. The fraction of sp³-hybridized carbons (Fsp3) is 0.190. The highest BCUT2D eigenvalue weighted by Crippen LogP contribution is 2.36. The Hall–Kier alpha value is -2.84. The van der Waals surface area contributed by atoms with Crippen LogP contribution in [0.2, 0.25) is 0 Å². The lowest BCUT2D eigenvalue weighted by molar-refractivity contribution is 0.0614. The number of nitrogens with zero attached hydrogens (tertiary/aromatic N) is 3. The predicted molar refractivity (Wildman–Crippen MR) is 114 cm³/mol. The van der Waals surface area contributed by atoms with E-state index in [9.17, 15) is 5.11 Å². The number of anilines is 2. The lowest BCUT2D eigenvalue weighted by atomic mass is 10.1. The van der Waals surface area contributed by atoms with Gasteiger partial charge in [-0.3, -0.25) is 4.98 Å². The SMILES string of the molecule is C[C@H](O)[C@H](C)Oc1cc(Br)cc2ncnc(Nc3ccc4ncccc4c3F)c12. The molecule has 2 heterocycles. The average Bonchev–Trinajstić information content (AvgIpc) is 2.70. The summed E-state index contributed by atoms with van der Waals surface area (Å²) in [6.45, 7) is 3.42. The van der Waals surface area contributed by atoms with Gasteiger partial charge in [0.25, 0.3) is 0 Å². The Bertz CT molecular complexity index is 1200. The summed E-state index contributed by atoms with van der Waals surface area (Å²) < 4.78 is 21.7. The van der Waals surface area contributed by atoms with Gasteiger partial charge in [-0.15, -0.1) is 0 Å². The Labute approximate surface area is 174 Å². The lowest BCUT2D eigenvalue weighted by Gasteiger charge is -2.20. The van der Waals surface area contributed by atoms with Crippen molar-refractivity contribution >= 4 is 49.2 Å². The molecule has 0 bridgehead atoms. The molecule has 0 aliphatic carbocycles. The van der Waals surface area contributed by atoms with Crippen LogP contribution < -0.4 is 10.1 Å². The standard InChI is InChI=1S/C21H18BrFN4O2/c1-11(28)12(2)29-18-9-13(22)8-17-19(18)21(26-10-25-17)27-16-6-5-15-14(20(16)23)4-3-7-24-15/h3-12,28H,1-2H3,(H,25,26,27)/t11-,12-/m0/s1. The van der Waals surface area contributed by atoms with Crippen molar-refractivity contribution in [3.8, 4) is 5.75 Å². The Morgan fingerprint density at radius 3 is 2.72 bits per heavy atom. The Balaban J connectivity index is 1.83. The van der Waals surface area contributed by atoms with Crippen LogP contribution >= 0.6 is 15.9 Å². The fourth-order valence-corrected chi connectivity index (χ4v) is 3.37. The molecule has 2 atom stereocenters. The van der Waals surface area contributed by atoms with E-state index in [0.717, 1.165) is 4.47 Å². The van der Waals surface area contributed by atoms with Crippen LogP contribution in [-0.4, -0.2) is 32.3 Å². The maximum Gasteiger partial charge on any atom is 0.156 e. The highest BCUT2D eigenvalue weighted by Gasteiger charge is 2.18. The first kappa shape index (κ1) is 19.5. The normalized spacial score (nSPS) is 13.4. The molecule has 0 radical (unpaired) electrons. The van der Waals surface area contributed by atoms with Crippen LogP contribution in [0.15, 0.2) is 53.4 Å². The van der Waals surface area contributed by atoms with Crippen molar-refractivity contribution < 1.29 is 14.2 Å². The average molecular weight is 457 g/mol. The highest BCUT2D eigenvalue weighted by atomic mass is 79.9. The van der Waals surface area contributed by atoms with Gasteiger partial charge in [-0.05, 0) is 50.2 Å². The number of hydrogen-bond acceptors (Lipinski definition) is 6. The number of nitrogens with one attached hydrogen (secondary N) is 1. The van der Waals surface area contributed by atoms with Gasteiger partial charge in [-0.2, -0.15) is 0 Å². The third-order valence-electron chi connectivity index (χ3n) is 4.63. The molecule has 0 amide bonds. The van der Waals surface area contributed by atoms with Crippen molar-refractivity contribution in [2.24, 2.45) is 0 Å². The molecule has 0 unspecified atom stereocenters. The number of benzene rings is 2. The first-order chi connectivity index (χ1) is 13.9. The number of aromatic nitrogens is 3. The quantitative estimate of drug-likeness (QED) is 0.441. The summed E-state index contributed by atoms with van der Waals surface area (Å²) >= 11 is 3.45. The molecule has 4 rings (SSSR count). The number of aliphatic hydroxyl groups is 1. The number of fused-ring (bicyclic) bond motifs is 2. The maximum atomic E-state index is 15.0. The number of ether oxygens (including phenoxy) is 1. The summed E-state index contributed by atoms with van der Waals surface area (Å²) in [6.07, 6.45) is 1.90.